The van der Waals surface area contributed by atoms with E-state index in [1.807, 2.05) is 24.3 Å². The summed E-state index contributed by atoms with van der Waals surface area (Å²) in [5.41, 5.74) is 0.855. The highest BCUT2D eigenvalue weighted by molar-refractivity contribution is 5.86. The minimum Gasteiger partial charge on any atom is -0.473 e. The van der Waals surface area contributed by atoms with E-state index in [1.165, 1.54) is 16.8 Å². The van der Waals surface area contributed by atoms with Crippen molar-refractivity contribution in [2.45, 2.75) is 6.10 Å². The van der Waals surface area contributed by atoms with Crippen molar-refractivity contribution in [3.05, 3.63) is 54.1 Å². The molecule has 1 saturated heterocycles. The number of fused-ring (bicyclic) bond motifs is 1. The van der Waals surface area contributed by atoms with E-state index in [0.29, 0.717) is 31.2 Å². The van der Waals surface area contributed by atoms with Gasteiger partial charge in [0.05, 0.1) is 17.5 Å². The van der Waals surface area contributed by atoms with Crippen molar-refractivity contribution < 1.29 is 18.3 Å². The van der Waals surface area contributed by atoms with Gasteiger partial charge in [0.25, 0.3) is 0 Å². The van der Waals surface area contributed by atoms with Crippen molar-refractivity contribution in [3.8, 4) is 11.6 Å². The van der Waals surface area contributed by atoms with Crippen LogP contribution in [-0.4, -0.2) is 42.2 Å². The second-order valence-corrected chi connectivity index (χ2v) is 5.84. The van der Waals surface area contributed by atoms with Crippen LogP contribution in [0.4, 0.5) is 8.78 Å². The minimum atomic E-state index is -0.681. The Morgan fingerprint density at radius 3 is 2.92 bits per heavy atom. The number of benzene rings is 2. The molecule has 1 atom stereocenters. The quantitative estimate of drug-likeness (QED) is 0.790. The van der Waals surface area contributed by atoms with Crippen LogP contribution in [0.25, 0.3) is 16.6 Å². The Labute approximate surface area is 143 Å². The van der Waals surface area contributed by atoms with E-state index in [2.05, 4.69) is 10.4 Å². The molecule has 4 rings (SSSR count). The van der Waals surface area contributed by atoms with Crippen LogP contribution in [0.1, 0.15) is 0 Å². The van der Waals surface area contributed by atoms with Gasteiger partial charge in [-0.1, -0.05) is 12.1 Å². The number of rotatable bonds is 4. The molecule has 130 valence electrons. The predicted octanol–water partition coefficient (Wildman–Crippen LogP) is 2.67. The third-order valence-corrected chi connectivity index (χ3v) is 4.10. The molecule has 2 heterocycles. The topological polar surface area (TPSA) is 48.3 Å². The second kappa shape index (κ2) is 6.78. The second-order valence-electron chi connectivity index (χ2n) is 5.84. The molecule has 1 aliphatic rings. The average Bonchev–Trinajstić information content (AvgIpc) is 3.00. The first-order chi connectivity index (χ1) is 12.2. The fourth-order valence-electron chi connectivity index (χ4n) is 2.88. The molecule has 0 amide bonds. The van der Waals surface area contributed by atoms with Crippen LogP contribution in [-0.2, 0) is 4.74 Å². The normalized spacial score (nSPS) is 17.8. The largest absolute Gasteiger partial charge is 0.473 e. The monoisotopic (exact) mass is 345 g/mol. The van der Waals surface area contributed by atoms with Crippen LogP contribution in [0.5, 0.6) is 5.88 Å². The molecule has 0 unspecified atom stereocenters. The van der Waals surface area contributed by atoms with Gasteiger partial charge in [-0.25, -0.2) is 13.5 Å². The summed E-state index contributed by atoms with van der Waals surface area (Å²) in [6.07, 6.45) is -0.0554. The Balaban J connectivity index is 1.68. The zero-order valence-corrected chi connectivity index (χ0v) is 13.4. The van der Waals surface area contributed by atoms with Crippen LogP contribution >= 0.6 is 0 Å². The summed E-state index contributed by atoms with van der Waals surface area (Å²) in [6.45, 7) is 2.53. The molecule has 2 aromatic carbocycles. The molecule has 5 nitrogen and oxygen atoms in total. The van der Waals surface area contributed by atoms with Gasteiger partial charge in [0.15, 0.2) is 5.82 Å². The molecule has 3 aromatic rings. The van der Waals surface area contributed by atoms with E-state index in [4.69, 9.17) is 9.47 Å². The first kappa shape index (κ1) is 16.0. The number of nitrogens with one attached hydrogen (secondary N) is 1. The van der Waals surface area contributed by atoms with Crippen LogP contribution in [0, 0.1) is 11.6 Å². The van der Waals surface area contributed by atoms with Crippen LogP contribution in [0.15, 0.2) is 42.5 Å². The molecule has 1 N–H and O–H groups in total. The molecule has 1 aromatic heterocycles. The molecule has 0 spiro atoms. The van der Waals surface area contributed by atoms with Crippen molar-refractivity contribution >= 4 is 10.9 Å². The SMILES string of the molecule is Fc1ccc(-n2nc(OC[C@@H]3CNCCO3)c3ccccc32)c(F)c1. The van der Waals surface area contributed by atoms with Crippen molar-refractivity contribution in [2.75, 3.05) is 26.3 Å². The zero-order chi connectivity index (χ0) is 17.2. The predicted molar refractivity (Wildman–Crippen MR) is 89.1 cm³/mol. The fraction of sp³-hybridized carbons (Fsp3) is 0.278. The Bertz CT molecular complexity index is 891. The van der Waals surface area contributed by atoms with Gasteiger partial charge in [0, 0.05) is 19.2 Å². The summed E-state index contributed by atoms with van der Waals surface area (Å²) in [7, 11) is 0. The van der Waals surface area contributed by atoms with Gasteiger partial charge in [0.2, 0.25) is 5.88 Å². The summed E-state index contributed by atoms with van der Waals surface area (Å²) in [5.74, 6) is -0.913. The molecule has 0 radical (unpaired) electrons. The number of halogens is 2. The number of morpholine rings is 1. The van der Waals surface area contributed by atoms with Gasteiger partial charge in [0.1, 0.15) is 24.2 Å². The van der Waals surface area contributed by atoms with E-state index < -0.39 is 11.6 Å². The molecule has 7 heteroatoms. The summed E-state index contributed by atoms with van der Waals surface area (Å²) in [4.78, 5) is 0. The highest BCUT2D eigenvalue weighted by atomic mass is 19.1. The van der Waals surface area contributed by atoms with Gasteiger partial charge in [-0.05, 0) is 24.3 Å². The first-order valence-corrected chi connectivity index (χ1v) is 8.10. The molecule has 0 bridgehead atoms. The smallest absolute Gasteiger partial charge is 0.241 e. The minimum absolute atomic E-state index is 0.0554. The lowest BCUT2D eigenvalue weighted by Crippen LogP contribution is -2.41. The molecule has 1 fully saturated rings. The van der Waals surface area contributed by atoms with Gasteiger partial charge in [-0.2, -0.15) is 0 Å². The van der Waals surface area contributed by atoms with Gasteiger partial charge in [-0.15, -0.1) is 5.10 Å². The van der Waals surface area contributed by atoms with E-state index in [1.54, 1.807) is 0 Å². The van der Waals surface area contributed by atoms with Crippen molar-refractivity contribution in [2.24, 2.45) is 0 Å². The van der Waals surface area contributed by atoms with E-state index >= 15 is 0 Å². The Kier molecular flexibility index (Phi) is 4.33. The maximum Gasteiger partial charge on any atom is 0.241 e. The van der Waals surface area contributed by atoms with Crippen molar-refractivity contribution in [3.63, 3.8) is 0 Å². The Morgan fingerprint density at radius 1 is 1.24 bits per heavy atom. The fourth-order valence-corrected chi connectivity index (χ4v) is 2.88. The number of nitrogens with zero attached hydrogens (tertiary/aromatic N) is 2. The molecule has 25 heavy (non-hydrogen) atoms. The van der Waals surface area contributed by atoms with Gasteiger partial charge < -0.3 is 14.8 Å². The van der Waals surface area contributed by atoms with E-state index in [9.17, 15) is 8.78 Å². The lowest BCUT2D eigenvalue weighted by molar-refractivity contribution is -0.000507. The summed E-state index contributed by atoms with van der Waals surface area (Å²) < 4.78 is 40.2. The molecule has 1 aliphatic heterocycles. The van der Waals surface area contributed by atoms with E-state index in [-0.39, 0.29) is 11.8 Å². The van der Waals surface area contributed by atoms with Gasteiger partial charge in [-0.3, -0.25) is 0 Å². The number of hydrogen-bond donors (Lipinski definition) is 1. The standard InChI is InChI=1S/C18H17F2N3O2/c19-12-5-6-17(15(20)9-12)23-16-4-2-1-3-14(16)18(22-23)25-11-13-10-21-7-8-24-13/h1-6,9,13,21H,7-8,10-11H2/t13-/m0/s1. The van der Waals surface area contributed by atoms with Crippen molar-refractivity contribution in [1.82, 2.24) is 15.1 Å². The maximum absolute atomic E-state index is 14.2. The number of ether oxygens (including phenoxy) is 2. The molecule has 0 saturated carbocycles. The summed E-state index contributed by atoms with van der Waals surface area (Å²) in [5, 5.41) is 8.39. The highest BCUT2D eigenvalue weighted by Crippen LogP contribution is 2.28. The van der Waals surface area contributed by atoms with Crippen LogP contribution in [0.2, 0.25) is 0 Å². The summed E-state index contributed by atoms with van der Waals surface area (Å²) >= 11 is 0. The van der Waals surface area contributed by atoms with Crippen LogP contribution in [0.3, 0.4) is 0 Å². The van der Waals surface area contributed by atoms with Gasteiger partial charge >= 0.3 is 0 Å². The number of para-hydroxylation sites is 1. The number of aromatic nitrogens is 2. The van der Waals surface area contributed by atoms with E-state index in [0.717, 1.165) is 18.0 Å². The molecular formula is C18H17F2N3O2. The third-order valence-electron chi connectivity index (χ3n) is 4.10. The first-order valence-electron chi connectivity index (χ1n) is 8.10. The van der Waals surface area contributed by atoms with Crippen molar-refractivity contribution in [1.29, 1.82) is 0 Å². The molecule has 0 aliphatic carbocycles. The Hall–Kier alpha value is -2.51. The van der Waals surface area contributed by atoms with Crippen LogP contribution < -0.4 is 10.1 Å². The lowest BCUT2D eigenvalue weighted by atomic mass is 10.2. The maximum atomic E-state index is 14.2. The Morgan fingerprint density at radius 2 is 2.12 bits per heavy atom. The number of hydrogen-bond acceptors (Lipinski definition) is 4. The summed E-state index contributed by atoms with van der Waals surface area (Å²) in [6, 6.07) is 10.8. The highest BCUT2D eigenvalue weighted by Gasteiger charge is 2.18. The third kappa shape index (κ3) is 3.20. The average molecular weight is 345 g/mol. The molecular weight excluding hydrogens is 328 g/mol. The lowest BCUT2D eigenvalue weighted by Gasteiger charge is -2.23. The zero-order valence-electron chi connectivity index (χ0n) is 13.4.